The van der Waals surface area contributed by atoms with Crippen molar-refractivity contribution in [3.63, 3.8) is 0 Å². The predicted molar refractivity (Wildman–Crippen MR) is 122 cm³/mol. The number of hydrogen-bond acceptors (Lipinski definition) is 4. The number of aryl methyl sites for hydroxylation is 1. The highest BCUT2D eigenvalue weighted by Gasteiger charge is 2.27. The molecule has 0 radical (unpaired) electrons. The van der Waals surface area contributed by atoms with Crippen LogP contribution in [0.25, 0.3) is 10.9 Å². The van der Waals surface area contributed by atoms with Crippen LogP contribution in [-0.4, -0.2) is 33.2 Å². The van der Waals surface area contributed by atoms with Crippen LogP contribution in [0.2, 0.25) is 0 Å². The first-order valence-corrected chi connectivity index (χ1v) is 11.2. The molecule has 2 aromatic carbocycles. The first-order valence-electron chi connectivity index (χ1n) is 11.2. The number of rotatable bonds is 7. The molecule has 1 saturated heterocycles. The summed E-state index contributed by atoms with van der Waals surface area (Å²) in [4.78, 5) is 6.96. The molecular weight excluding hydrogens is 372 g/mol. The molecule has 0 bridgehead atoms. The third kappa shape index (κ3) is 4.93. The van der Waals surface area contributed by atoms with Crippen LogP contribution in [0.5, 0.6) is 11.5 Å². The number of phenols is 2. The molecule has 1 fully saturated rings. The van der Waals surface area contributed by atoms with E-state index in [-0.39, 0.29) is 0 Å². The molecule has 1 aliphatic rings. The van der Waals surface area contributed by atoms with Gasteiger partial charge in [0.25, 0.3) is 0 Å². The van der Waals surface area contributed by atoms with Crippen LogP contribution in [0.4, 0.5) is 0 Å². The SMILES string of the molecule is CC[C@H]1CN(Cc2cccc(O)c2)CC[C@H]1CCCc1ccnc2ccc(O)cc12. The number of aromatic nitrogens is 1. The number of piperidine rings is 1. The van der Waals surface area contributed by atoms with Gasteiger partial charge < -0.3 is 10.2 Å². The number of benzene rings is 2. The molecule has 4 rings (SSSR count). The quantitative estimate of drug-likeness (QED) is 0.545. The van der Waals surface area contributed by atoms with Crippen molar-refractivity contribution in [3.8, 4) is 11.5 Å². The lowest BCUT2D eigenvalue weighted by molar-refractivity contribution is 0.104. The fraction of sp³-hybridized carbons (Fsp3) is 0.423. The zero-order valence-electron chi connectivity index (χ0n) is 17.8. The highest BCUT2D eigenvalue weighted by atomic mass is 16.3. The number of hydrogen-bond donors (Lipinski definition) is 2. The zero-order valence-corrected chi connectivity index (χ0v) is 17.8. The average molecular weight is 405 g/mol. The Labute approximate surface area is 179 Å². The Balaban J connectivity index is 1.33. The van der Waals surface area contributed by atoms with Gasteiger partial charge in [0.2, 0.25) is 0 Å². The van der Waals surface area contributed by atoms with Crippen molar-refractivity contribution in [2.75, 3.05) is 13.1 Å². The van der Waals surface area contributed by atoms with Gasteiger partial charge >= 0.3 is 0 Å². The van der Waals surface area contributed by atoms with Crippen molar-refractivity contribution in [2.45, 2.75) is 45.6 Å². The first-order chi connectivity index (χ1) is 14.6. The maximum Gasteiger partial charge on any atom is 0.116 e. The molecule has 3 aromatic rings. The Morgan fingerprint density at radius 3 is 2.73 bits per heavy atom. The van der Waals surface area contributed by atoms with Crippen LogP contribution < -0.4 is 0 Å². The molecule has 1 aromatic heterocycles. The van der Waals surface area contributed by atoms with Crippen molar-refractivity contribution < 1.29 is 10.2 Å². The van der Waals surface area contributed by atoms with Crippen LogP contribution in [-0.2, 0) is 13.0 Å². The van der Waals surface area contributed by atoms with Gasteiger partial charge in [0.05, 0.1) is 5.52 Å². The van der Waals surface area contributed by atoms with E-state index in [9.17, 15) is 10.2 Å². The summed E-state index contributed by atoms with van der Waals surface area (Å²) in [6.07, 6.45) is 7.79. The van der Waals surface area contributed by atoms with E-state index in [0.717, 1.165) is 48.8 Å². The molecule has 0 spiro atoms. The lowest BCUT2D eigenvalue weighted by Gasteiger charge is -2.38. The van der Waals surface area contributed by atoms with E-state index < -0.39 is 0 Å². The number of nitrogens with zero attached hydrogens (tertiary/aromatic N) is 2. The minimum atomic E-state index is 0.307. The molecule has 2 N–H and O–H groups in total. The summed E-state index contributed by atoms with van der Waals surface area (Å²) in [5.41, 5.74) is 3.43. The van der Waals surface area contributed by atoms with E-state index in [2.05, 4.69) is 28.9 Å². The molecule has 30 heavy (non-hydrogen) atoms. The van der Waals surface area contributed by atoms with Crippen molar-refractivity contribution in [2.24, 2.45) is 11.8 Å². The molecule has 4 heteroatoms. The van der Waals surface area contributed by atoms with Gasteiger partial charge in [-0.2, -0.15) is 0 Å². The van der Waals surface area contributed by atoms with Gasteiger partial charge in [-0.05, 0) is 91.6 Å². The highest BCUT2D eigenvalue weighted by Crippen LogP contribution is 2.32. The summed E-state index contributed by atoms with van der Waals surface area (Å²) in [6, 6.07) is 15.2. The normalized spacial score (nSPS) is 19.9. The second kappa shape index (κ2) is 9.48. The number of fused-ring (bicyclic) bond motifs is 1. The van der Waals surface area contributed by atoms with E-state index in [0.29, 0.717) is 11.5 Å². The molecular formula is C26H32N2O2. The van der Waals surface area contributed by atoms with Crippen molar-refractivity contribution >= 4 is 10.9 Å². The molecule has 0 saturated carbocycles. The summed E-state index contributed by atoms with van der Waals surface area (Å²) in [6.45, 7) is 5.50. The predicted octanol–water partition coefficient (Wildman–Crippen LogP) is 5.52. The lowest BCUT2D eigenvalue weighted by Crippen LogP contribution is -2.39. The average Bonchev–Trinajstić information content (AvgIpc) is 2.75. The lowest BCUT2D eigenvalue weighted by atomic mass is 9.80. The largest absolute Gasteiger partial charge is 0.508 e. The minimum absolute atomic E-state index is 0.307. The third-order valence-corrected chi connectivity index (χ3v) is 6.65. The van der Waals surface area contributed by atoms with Gasteiger partial charge in [-0.3, -0.25) is 9.88 Å². The van der Waals surface area contributed by atoms with E-state index in [4.69, 9.17) is 0 Å². The Hall–Kier alpha value is -2.59. The molecule has 0 aliphatic carbocycles. The summed E-state index contributed by atoms with van der Waals surface area (Å²) < 4.78 is 0. The monoisotopic (exact) mass is 404 g/mol. The van der Waals surface area contributed by atoms with Crippen molar-refractivity contribution in [1.29, 1.82) is 0 Å². The summed E-state index contributed by atoms with van der Waals surface area (Å²) in [7, 11) is 0. The number of likely N-dealkylation sites (tertiary alicyclic amines) is 1. The second-order valence-corrected chi connectivity index (χ2v) is 8.69. The topological polar surface area (TPSA) is 56.6 Å². The summed E-state index contributed by atoms with van der Waals surface area (Å²) in [5.74, 6) is 2.17. The third-order valence-electron chi connectivity index (χ3n) is 6.65. The fourth-order valence-electron chi connectivity index (χ4n) is 5.02. The van der Waals surface area contributed by atoms with Crippen LogP contribution in [0, 0.1) is 11.8 Å². The van der Waals surface area contributed by atoms with Crippen LogP contribution in [0.15, 0.2) is 54.7 Å². The molecule has 2 atom stereocenters. The van der Waals surface area contributed by atoms with Gasteiger partial charge in [0.15, 0.2) is 0 Å². The molecule has 0 amide bonds. The molecule has 2 heterocycles. The van der Waals surface area contributed by atoms with E-state index >= 15 is 0 Å². The second-order valence-electron chi connectivity index (χ2n) is 8.69. The van der Waals surface area contributed by atoms with Gasteiger partial charge in [-0.15, -0.1) is 0 Å². The fourth-order valence-corrected chi connectivity index (χ4v) is 5.02. The number of aromatic hydroxyl groups is 2. The zero-order chi connectivity index (χ0) is 20.9. The highest BCUT2D eigenvalue weighted by molar-refractivity contribution is 5.83. The van der Waals surface area contributed by atoms with Crippen LogP contribution in [0.3, 0.4) is 0 Å². The van der Waals surface area contributed by atoms with E-state index in [1.54, 1.807) is 12.1 Å². The Kier molecular flexibility index (Phi) is 6.53. The molecule has 1 aliphatic heterocycles. The smallest absolute Gasteiger partial charge is 0.116 e. The maximum absolute atomic E-state index is 9.85. The van der Waals surface area contributed by atoms with Gasteiger partial charge in [0, 0.05) is 24.7 Å². The number of phenolic OH excluding ortho intramolecular Hbond substituents is 2. The van der Waals surface area contributed by atoms with Crippen molar-refractivity contribution in [1.82, 2.24) is 9.88 Å². The Bertz CT molecular complexity index is 988. The molecule has 0 unspecified atom stereocenters. The van der Waals surface area contributed by atoms with E-state index in [1.165, 1.54) is 36.8 Å². The standard InChI is InChI=1S/C26H32N2O2/c1-2-20-18-28(17-19-5-3-8-23(29)15-19)14-12-21(20)6-4-7-22-11-13-27-26-10-9-24(30)16-25(22)26/h3,5,8-11,13,15-16,20-21,29-30H,2,4,6-7,12,14,17-18H2,1H3/t20-,21+/m0/s1. The van der Waals surface area contributed by atoms with Crippen LogP contribution in [0.1, 0.15) is 43.7 Å². The molecule has 158 valence electrons. The first kappa shape index (κ1) is 20.7. The minimum Gasteiger partial charge on any atom is -0.508 e. The van der Waals surface area contributed by atoms with E-state index in [1.807, 2.05) is 30.5 Å². The summed E-state index contributed by atoms with van der Waals surface area (Å²) >= 11 is 0. The van der Waals surface area contributed by atoms with Gasteiger partial charge in [-0.1, -0.05) is 25.5 Å². The summed E-state index contributed by atoms with van der Waals surface area (Å²) in [5, 5.41) is 20.6. The molecule has 4 nitrogen and oxygen atoms in total. The maximum atomic E-state index is 9.85. The Morgan fingerprint density at radius 2 is 1.90 bits per heavy atom. The van der Waals surface area contributed by atoms with Gasteiger partial charge in [-0.25, -0.2) is 0 Å². The Morgan fingerprint density at radius 1 is 1.03 bits per heavy atom. The van der Waals surface area contributed by atoms with Crippen LogP contribution >= 0.6 is 0 Å². The number of pyridine rings is 1. The van der Waals surface area contributed by atoms with Gasteiger partial charge in [0.1, 0.15) is 11.5 Å². The van der Waals surface area contributed by atoms with Crippen molar-refractivity contribution in [3.05, 3.63) is 65.9 Å².